The summed E-state index contributed by atoms with van der Waals surface area (Å²) in [6.07, 6.45) is 6.48. The van der Waals surface area contributed by atoms with Crippen LogP contribution in [0.3, 0.4) is 0 Å². The molecule has 0 unspecified atom stereocenters. The molecule has 0 aliphatic heterocycles. The van der Waals surface area contributed by atoms with Gasteiger partial charge in [-0.2, -0.15) is 5.10 Å². The minimum absolute atomic E-state index is 0.273. The molecule has 158 valence electrons. The van der Waals surface area contributed by atoms with Crippen LogP contribution in [0.4, 0.5) is 8.78 Å². The van der Waals surface area contributed by atoms with Gasteiger partial charge in [0.15, 0.2) is 0 Å². The maximum atomic E-state index is 13.6. The molecule has 3 aromatic rings. The van der Waals surface area contributed by atoms with Crippen molar-refractivity contribution in [2.24, 2.45) is 33.9 Å². The maximum Gasteiger partial charge on any atom is 0.215 e. The summed E-state index contributed by atoms with van der Waals surface area (Å²) in [6, 6.07) is 12.8. The number of hydrogen-bond donors (Lipinski definition) is 0. The van der Waals surface area contributed by atoms with Crippen LogP contribution in [-0.2, 0) is 0 Å². The molecule has 1 aromatic heterocycles. The molecule has 1 heterocycles. The molecule has 4 aliphatic rings. The highest BCUT2D eigenvalue weighted by atomic mass is 32.1. The fourth-order valence-corrected chi connectivity index (χ4v) is 6.83. The van der Waals surface area contributed by atoms with Gasteiger partial charge in [0.2, 0.25) is 4.80 Å². The molecule has 0 N–H and O–H groups in total. The Morgan fingerprint density at radius 3 is 1.94 bits per heavy atom. The molecule has 4 fully saturated rings. The van der Waals surface area contributed by atoms with Crippen LogP contribution in [0.15, 0.2) is 64.1 Å². The van der Waals surface area contributed by atoms with E-state index in [9.17, 15) is 8.78 Å². The van der Waals surface area contributed by atoms with Crippen LogP contribution in [0.2, 0.25) is 0 Å². The van der Waals surface area contributed by atoms with E-state index in [0.29, 0.717) is 11.8 Å². The summed E-state index contributed by atoms with van der Waals surface area (Å²) in [4.78, 5) is 0.743. The van der Waals surface area contributed by atoms with Gasteiger partial charge in [0.1, 0.15) is 11.6 Å². The Morgan fingerprint density at radius 2 is 1.32 bits per heavy atom. The zero-order valence-corrected chi connectivity index (χ0v) is 17.9. The molecule has 0 saturated heterocycles. The van der Waals surface area contributed by atoms with E-state index in [4.69, 9.17) is 10.2 Å². The summed E-state index contributed by atoms with van der Waals surface area (Å²) in [5, 5.41) is 11.5. The van der Waals surface area contributed by atoms with E-state index in [-0.39, 0.29) is 11.6 Å². The highest BCUT2D eigenvalue weighted by Crippen LogP contribution is 2.52. The number of thiazole rings is 1. The highest BCUT2D eigenvalue weighted by Gasteiger charge is 2.46. The van der Waals surface area contributed by atoms with Crippen molar-refractivity contribution < 1.29 is 8.78 Å². The third-order valence-electron chi connectivity index (χ3n) is 7.16. The van der Waals surface area contributed by atoms with Crippen LogP contribution in [0.5, 0.6) is 0 Å². The largest absolute Gasteiger partial charge is 0.284 e. The van der Waals surface area contributed by atoms with E-state index in [1.807, 2.05) is 9.95 Å². The van der Waals surface area contributed by atoms with Crippen molar-refractivity contribution in [1.82, 2.24) is 4.57 Å². The van der Waals surface area contributed by atoms with Crippen LogP contribution >= 0.6 is 11.3 Å². The molecule has 3 nitrogen and oxygen atoms in total. The molecular weight excluding hydrogens is 412 g/mol. The minimum Gasteiger partial charge on any atom is -0.284 e. The van der Waals surface area contributed by atoms with Crippen molar-refractivity contribution in [1.29, 1.82) is 0 Å². The fourth-order valence-electron chi connectivity index (χ4n) is 5.97. The summed E-state index contributed by atoms with van der Waals surface area (Å²) < 4.78 is 29.0. The Morgan fingerprint density at radius 1 is 0.742 bits per heavy atom. The lowest BCUT2D eigenvalue weighted by atomic mass is 9.55. The molecule has 4 saturated carbocycles. The Hall–Kier alpha value is -2.60. The van der Waals surface area contributed by atoms with E-state index < -0.39 is 0 Å². The lowest BCUT2D eigenvalue weighted by molar-refractivity contribution is 0.108. The summed E-state index contributed by atoms with van der Waals surface area (Å²) in [6.45, 7) is 0. The summed E-state index contributed by atoms with van der Waals surface area (Å²) in [7, 11) is 0. The fraction of sp³-hybridized carbons (Fsp3) is 0.360. The number of hydrogen-bond acceptors (Lipinski definition) is 3. The summed E-state index contributed by atoms with van der Waals surface area (Å²) in [5.41, 5.74) is 3.87. The molecule has 31 heavy (non-hydrogen) atoms. The maximum absolute atomic E-state index is 13.6. The molecule has 6 heteroatoms. The first-order valence-electron chi connectivity index (χ1n) is 11.0. The normalized spacial score (nSPS) is 27.2. The Kier molecular flexibility index (Phi) is 4.64. The molecule has 4 aliphatic carbocycles. The lowest BCUT2D eigenvalue weighted by Crippen LogP contribution is -2.45. The lowest BCUT2D eigenvalue weighted by Gasteiger charge is -2.50. The van der Waals surface area contributed by atoms with Gasteiger partial charge in [0.25, 0.3) is 0 Å². The molecule has 4 bridgehead atoms. The molecular formula is C25H23F2N3S. The molecule has 0 amide bonds. The van der Waals surface area contributed by atoms with E-state index >= 15 is 0 Å². The van der Waals surface area contributed by atoms with E-state index in [2.05, 4.69) is 0 Å². The van der Waals surface area contributed by atoms with E-state index in [1.165, 1.54) is 73.4 Å². The van der Waals surface area contributed by atoms with Crippen molar-refractivity contribution >= 4 is 17.0 Å². The predicted molar refractivity (Wildman–Crippen MR) is 119 cm³/mol. The summed E-state index contributed by atoms with van der Waals surface area (Å²) in [5.74, 6) is 2.40. The van der Waals surface area contributed by atoms with Crippen LogP contribution < -0.4 is 4.80 Å². The van der Waals surface area contributed by atoms with Crippen molar-refractivity contribution in [3.63, 3.8) is 0 Å². The van der Waals surface area contributed by atoms with Gasteiger partial charge in [-0.25, -0.2) is 8.78 Å². The minimum atomic E-state index is -0.282. The number of halogens is 2. The third-order valence-corrected chi connectivity index (χ3v) is 7.97. The molecule has 0 spiro atoms. The standard InChI is InChI=1S/C25H23F2N3S/c26-20-3-1-17(2-4-20)23-14-31-25(30(23)22-7-5-21(27)6-8-22)29-28-24-18-10-15-9-16(12-18)13-19(24)11-15/h1-8,14-16,18-19H,9-13H2/b28-24?,29-25+. The van der Waals surface area contributed by atoms with Gasteiger partial charge in [0, 0.05) is 16.8 Å². The first kappa shape index (κ1) is 19.1. The molecule has 2 aromatic carbocycles. The molecule has 7 rings (SSSR count). The topological polar surface area (TPSA) is 29.6 Å². The molecule has 0 radical (unpaired) electrons. The van der Waals surface area contributed by atoms with Gasteiger partial charge >= 0.3 is 0 Å². The number of aromatic nitrogens is 1. The Balaban J connectivity index is 1.46. The zero-order chi connectivity index (χ0) is 20.9. The van der Waals surface area contributed by atoms with E-state index in [0.717, 1.165) is 33.6 Å². The summed E-state index contributed by atoms with van der Waals surface area (Å²) >= 11 is 1.50. The van der Waals surface area contributed by atoms with Crippen LogP contribution in [0.1, 0.15) is 32.1 Å². The van der Waals surface area contributed by atoms with Gasteiger partial charge in [-0.1, -0.05) is 0 Å². The second-order valence-electron chi connectivity index (χ2n) is 9.15. The van der Waals surface area contributed by atoms with Crippen molar-refractivity contribution in [3.8, 4) is 16.9 Å². The first-order chi connectivity index (χ1) is 15.1. The van der Waals surface area contributed by atoms with E-state index in [1.54, 1.807) is 24.3 Å². The van der Waals surface area contributed by atoms with Crippen LogP contribution in [0, 0.1) is 35.3 Å². The number of benzene rings is 2. The average Bonchev–Trinajstić information content (AvgIpc) is 3.18. The number of nitrogens with zero attached hydrogens (tertiary/aromatic N) is 3. The van der Waals surface area contributed by atoms with Gasteiger partial charge in [-0.3, -0.25) is 4.57 Å². The number of rotatable bonds is 3. The predicted octanol–water partition coefficient (Wildman–Crippen LogP) is 6.20. The first-order valence-corrected chi connectivity index (χ1v) is 11.9. The smallest absolute Gasteiger partial charge is 0.215 e. The van der Waals surface area contributed by atoms with Crippen molar-refractivity contribution in [2.75, 3.05) is 0 Å². The highest BCUT2D eigenvalue weighted by molar-refractivity contribution is 7.07. The van der Waals surface area contributed by atoms with Gasteiger partial charge in [-0.15, -0.1) is 16.4 Å². The second kappa shape index (κ2) is 7.52. The van der Waals surface area contributed by atoms with Crippen LogP contribution in [-0.4, -0.2) is 10.3 Å². The van der Waals surface area contributed by atoms with Crippen molar-refractivity contribution in [3.05, 3.63) is 70.3 Å². The van der Waals surface area contributed by atoms with Gasteiger partial charge in [-0.05, 0) is 110 Å². The zero-order valence-electron chi connectivity index (χ0n) is 17.0. The second-order valence-corrected chi connectivity index (χ2v) is 9.99. The third kappa shape index (κ3) is 3.47. The van der Waals surface area contributed by atoms with Gasteiger partial charge in [0.05, 0.1) is 5.69 Å². The Bertz CT molecular complexity index is 1170. The van der Waals surface area contributed by atoms with Gasteiger partial charge < -0.3 is 0 Å². The monoisotopic (exact) mass is 435 g/mol. The van der Waals surface area contributed by atoms with Crippen molar-refractivity contribution in [2.45, 2.75) is 32.1 Å². The SMILES string of the molecule is Fc1ccc(-c2cs/c(=N/N=C3C4CC5CC(C4)CC3C5)n2-c2ccc(F)cc2)cc1. The quantitative estimate of drug-likeness (QED) is 0.439. The molecule has 0 atom stereocenters. The average molecular weight is 436 g/mol. The van der Waals surface area contributed by atoms with Crippen LogP contribution in [0.25, 0.3) is 16.9 Å². The Labute approximate surface area is 183 Å².